The fourth-order valence-corrected chi connectivity index (χ4v) is 3.66. The topological polar surface area (TPSA) is 74.6 Å². The molecule has 1 aromatic carbocycles. The van der Waals surface area contributed by atoms with Gasteiger partial charge in [0.2, 0.25) is 0 Å². The van der Waals surface area contributed by atoms with Crippen LogP contribution in [-0.2, 0) is 0 Å². The number of carbonyl (C=O) groups is 2. The normalized spacial score (nSPS) is 17.0. The molecule has 6 nitrogen and oxygen atoms in total. The summed E-state index contributed by atoms with van der Waals surface area (Å²) in [6.45, 7) is 4.02. The number of aryl methyl sites for hydroxylation is 1. The molecule has 2 N–H and O–H groups in total. The van der Waals surface area contributed by atoms with E-state index in [1.54, 1.807) is 31.2 Å². The highest BCUT2D eigenvalue weighted by Gasteiger charge is 2.26. The van der Waals surface area contributed by atoms with Gasteiger partial charge in [-0.15, -0.1) is 0 Å². The largest absolute Gasteiger partial charge is 0.469 e. The molecule has 2 amide bonds. The van der Waals surface area contributed by atoms with Crippen molar-refractivity contribution < 1.29 is 14.0 Å². The summed E-state index contributed by atoms with van der Waals surface area (Å²) < 4.78 is 5.19. The third-order valence-corrected chi connectivity index (χ3v) is 5.10. The first kappa shape index (κ1) is 19.5. The van der Waals surface area contributed by atoms with Gasteiger partial charge in [0.05, 0.1) is 23.1 Å². The average Bonchev–Trinajstić information content (AvgIpc) is 3.08. The van der Waals surface area contributed by atoms with E-state index in [-0.39, 0.29) is 11.8 Å². The quantitative estimate of drug-likeness (QED) is 0.819. The Morgan fingerprint density at radius 3 is 2.81 bits per heavy atom. The number of nitrogens with one attached hydrogen (secondary N) is 2. The van der Waals surface area contributed by atoms with E-state index in [2.05, 4.69) is 10.6 Å². The number of rotatable bonds is 5. The van der Waals surface area contributed by atoms with Crippen molar-refractivity contribution in [2.45, 2.75) is 19.8 Å². The molecule has 1 aromatic heterocycles. The number of anilines is 1. The first-order valence-corrected chi connectivity index (χ1v) is 9.46. The Labute approximate surface area is 163 Å². The standard InChI is InChI=1S/C20H24ClN3O3/c1-13-16(7-9-27-13)19(25)23-18-10-15(21)5-6-17(18)20(26)24-8-3-4-14(12-24)11-22-2/h5-7,9-10,14,22H,3-4,8,11-12H2,1-2H3,(H,23,25). The van der Waals surface area contributed by atoms with E-state index >= 15 is 0 Å². The molecule has 27 heavy (non-hydrogen) atoms. The molecule has 3 rings (SSSR count). The van der Waals surface area contributed by atoms with Crippen LogP contribution in [0.2, 0.25) is 5.02 Å². The number of amides is 2. The highest BCUT2D eigenvalue weighted by molar-refractivity contribution is 6.31. The summed E-state index contributed by atoms with van der Waals surface area (Å²) in [5, 5.41) is 6.44. The first-order valence-electron chi connectivity index (χ1n) is 9.08. The first-order chi connectivity index (χ1) is 13.0. The molecule has 0 aliphatic carbocycles. The van der Waals surface area contributed by atoms with Crippen molar-refractivity contribution in [2.24, 2.45) is 5.92 Å². The lowest BCUT2D eigenvalue weighted by Crippen LogP contribution is -2.42. The van der Waals surface area contributed by atoms with Crippen molar-refractivity contribution in [3.05, 3.63) is 52.4 Å². The van der Waals surface area contributed by atoms with Gasteiger partial charge in [0.15, 0.2) is 0 Å². The minimum absolute atomic E-state index is 0.0910. The van der Waals surface area contributed by atoms with Gasteiger partial charge in [0.1, 0.15) is 5.76 Å². The molecule has 0 spiro atoms. The van der Waals surface area contributed by atoms with Crippen molar-refractivity contribution in [3.63, 3.8) is 0 Å². The summed E-state index contributed by atoms with van der Waals surface area (Å²) >= 11 is 6.11. The predicted octanol–water partition coefficient (Wildman–Crippen LogP) is 3.57. The van der Waals surface area contributed by atoms with Crippen LogP contribution in [0, 0.1) is 12.8 Å². The number of hydrogen-bond donors (Lipinski definition) is 2. The number of halogens is 1. The molecular formula is C20H24ClN3O3. The molecule has 2 aromatic rings. The number of benzene rings is 1. The molecule has 2 heterocycles. The van der Waals surface area contributed by atoms with Crippen LogP contribution in [-0.4, -0.2) is 43.4 Å². The molecule has 1 unspecified atom stereocenters. The van der Waals surface area contributed by atoms with Crippen molar-refractivity contribution in [1.29, 1.82) is 0 Å². The smallest absolute Gasteiger partial charge is 0.259 e. The average molecular weight is 390 g/mol. The van der Waals surface area contributed by atoms with Crippen LogP contribution in [0.4, 0.5) is 5.69 Å². The Morgan fingerprint density at radius 1 is 1.30 bits per heavy atom. The third kappa shape index (κ3) is 4.51. The van der Waals surface area contributed by atoms with E-state index in [1.165, 1.54) is 6.26 Å². The molecule has 0 radical (unpaired) electrons. The van der Waals surface area contributed by atoms with E-state index in [1.807, 2.05) is 11.9 Å². The summed E-state index contributed by atoms with van der Waals surface area (Å²) in [6.07, 6.45) is 3.54. The van der Waals surface area contributed by atoms with Crippen LogP contribution >= 0.6 is 11.6 Å². The number of nitrogens with zero attached hydrogens (tertiary/aromatic N) is 1. The number of likely N-dealkylation sites (tertiary alicyclic amines) is 1. The van der Waals surface area contributed by atoms with Crippen LogP contribution in [0.1, 0.15) is 39.3 Å². The second-order valence-electron chi connectivity index (χ2n) is 6.85. The van der Waals surface area contributed by atoms with Crippen molar-refractivity contribution in [2.75, 3.05) is 32.0 Å². The van der Waals surface area contributed by atoms with Gasteiger partial charge in [0, 0.05) is 18.1 Å². The van der Waals surface area contributed by atoms with E-state index in [0.29, 0.717) is 40.1 Å². The van der Waals surface area contributed by atoms with Gasteiger partial charge in [-0.1, -0.05) is 11.6 Å². The van der Waals surface area contributed by atoms with Crippen molar-refractivity contribution >= 4 is 29.1 Å². The molecule has 1 atom stereocenters. The Hall–Kier alpha value is -2.31. The fourth-order valence-electron chi connectivity index (χ4n) is 3.49. The van der Waals surface area contributed by atoms with E-state index in [9.17, 15) is 9.59 Å². The van der Waals surface area contributed by atoms with Crippen molar-refractivity contribution in [3.8, 4) is 0 Å². The van der Waals surface area contributed by atoms with E-state index in [0.717, 1.165) is 25.9 Å². The van der Waals surface area contributed by atoms with E-state index < -0.39 is 0 Å². The van der Waals surface area contributed by atoms with Gasteiger partial charge in [-0.05, 0) is 63.5 Å². The van der Waals surface area contributed by atoms with Crippen LogP contribution in [0.15, 0.2) is 34.9 Å². The summed E-state index contributed by atoms with van der Waals surface area (Å²) in [7, 11) is 1.92. The lowest BCUT2D eigenvalue weighted by Gasteiger charge is -2.33. The number of carbonyl (C=O) groups excluding carboxylic acids is 2. The second-order valence-corrected chi connectivity index (χ2v) is 7.29. The Morgan fingerprint density at radius 2 is 2.11 bits per heavy atom. The highest BCUT2D eigenvalue weighted by Crippen LogP contribution is 2.26. The maximum Gasteiger partial charge on any atom is 0.259 e. The van der Waals surface area contributed by atoms with Gasteiger partial charge in [0.25, 0.3) is 11.8 Å². The fraction of sp³-hybridized carbons (Fsp3) is 0.400. The molecule has 1 saturated heterocycles. The SMILES string of the molecule is CNCC1CCCN(C(=O)c2ccc(Cl)cc2NC(=O)c2ccoc2C)C1. The Bertz CT molecular complexity index is 832. The molecule has 1 fully saturated rings. The lowest BCUT2D eigenvalue weighted by molar-refractivity contribution is 0.0675. The van der Waals surface area contributed by atoms with Gasteiger partial charge in [-0.3, -0.25) is 9.59 Å². The molecule has 1 aliphatic heterocycles. The summed E-state index contributed by atoms with van der Waals surface area (Å²) in [5.41, 5.74) is 1.29. The molecule has 144 valence electrons. The maximum atomic E-state index is 13.1. The Kier molecular flexibility index (Phi) is 6.19. The molecule has 0 bridgehead atoms. The number of hydrogen-bond acceptors (Lipinski definition) is 4. The van der Waals surface area contributed by atoms with Crippen LogP contribution in [0.5, 0.6) is 0 Å². The van der Waals surface area contributed by atoms with Crippen molar-refractivity contribution in [1.82, 2.24) is 10.2 Å². The van der Waals surface area contributed by atoms with Gasteiger partial charge in [-0.25, -0.2) is 0 Å². The summed E-state index contributed by atoms with van der Waals surface area (Å²) in [6, 6.07) is 6.55. The van der Waals surface area contributed by atoms with E-state index in [4.69, 9.17) is 16.0 Å². The van der Waals surface area contributed by atoms with Gasteiger partial charge >= 0.3 is 0 Å². The monoisotopic (exact) mass is 389 g/mol. The predicted molar refractivity (Wildman–Crippen MR) is 105 cm³/mol. The molecular weight excluding hydrogens is 366 g/mol. The summed E-state index contributed by atoms with van der Waals surface area (Å²) in [4.78, 5) is 27.5. The Balaban J connectivity index is 1.82. The zero-order valence-electron chi connectivity index (χ0n) is 15.5. The maximum absolute atomic E-state index is 13.1. The highest BCUT2D eigenvalue weighted by atomic mass is 35.5. The van der Waals surface area contributed by atoms with Crippen LogP contribution < -0.4 is 10.6 Å². The lowest BCUT2D eigenvalue weighted by atomic mass is 9.97. The minimum Gasteiger partial charge on any atom is -0.469 e. The number of furan rings is 1. The third-order valence-electron chi connectivity index (χ3n) is 4.86. The summed E-state index contributed by atoms with van der Waals surface area (Å²) in [5.74, 6) is 0.538. The van der Waals surface area contributed by atoms with Gasteiger partial charge < -0.3 is 20.0 Å². The minimum atomic E-state index is -0.329. The molecule has 0 saturated carbocycles. The van der Waals surface area contributed by atoms with Crippen LogP contribution in [0.25, 0.3) is 0 Å². The molecule has 7 heteroatoms. The zero-order valence-corrected chi connectivity index (χ0v) is 16.3. The number of piperidine rings is 1. The molecule has 1 aliphatic rings. The zero-order chi connectivity index (χ0) is 19.4. The van der Waals surface area contributed by atoms with Gasteiger partial charge in [-0.2, -0.15) is 0 Å². The van der Waals surface area contributed by atoms with Crippen LogP contribution in [0.3, 0.4) is 0 Å². The second kappa shape index (κ2) is 8.59.